The molecule has 0 bridgehead atoms. The molecule has 0 aliphatic rings. The lowest BCUT2D eigenvalue weighted by molar-refractivity contribution is -0.255. The van der Waals surface area contributed by atoms with E-state index in [9.17, 15) is 23.1 Å². The fourth-order valence-electron chi connectivity index (χ4n) is 2.82. The zero-order valence-corrected chi connectivity index (χ0v) is 17.0. The molecule has 4 rings (SSSR count). The Hall–Kier alpha value is -3.51. The first kappa shape index (κ1) is 22.2. The fourth-order valence-corrected chi connectivity index (χ4v) is 4.92. The molecule has 0 unspecified atom stereocenters. The molecule has 6 heteroatoms. The molecular weight excluding hydrogens is 421 g/mol. The van der Waals surface area contributed by atoms with Crippen LogP contribution in [0, 0.1) is 17.5 Å². The van der Waals surface area contributed by atoms with Gasteiger partial charge >= 0.3 is 0 Å². The van der Waals surface area contributed by atoms with Gasteiger partial charge in [-0.25, -0.2) is 13.2 Å². The number of hydrogen-bond acceptors (Lipinski definition) is 2. The van der Waals surface area contributed by atoms with E-state index in [0.29, 0.717) is 0 Å². The predicted molar refractivity (Wildman–Crippen MR) is 112 cm³/mol. The highest BCUT2D eigenvalue weighted by atomic mass is 32.2. The summed E-state index contributed by atoms with van der Waals surface area (Å²) in [5, 5.41) is 10.0. The third kappa shape index (κ3) is 5.77. The van der Waals surface area contributed by atoms with E-state index in [1.807, 2.05) is 0 Å². The van der Waals surface area contributed by atoms with Gasteiger partial charge in [-0.3, -0.25) is 0 Å². The molecule has 0 radical (unpaired) electrons. The van der Waals surface area contributed by atoms with E-state index in [-0.39, 0.29) is 23.0 Å². The van der Waals surface area contributed by atoms with E-state index in [1.54, 1.807) is 0 Å². The minimum atomic E-state index is -2.01. The van der Waals surface area contributed by atoms with Gasteiger partial charge in [0.15, 0.2) is 14.7 Å². The zero-order valence-electron chi connectivity index (χ0n) is 16.2. The van der Waals surface area contributed by atoms with Crippen LogP contribution in [-0.2, 0) is 10.9 Å². The Morgan fingerprint density at radius 1 is 0.613 bits per heavy atom. The molecule has 0 saturated heterocycles. The molecule has 0 amide bonds. The van der Waals surface area contributed by atoms with Gasteiger partial charge in [0.1, 0.15) is 17.5 Å². The van der Waals surface area contributed by atoms with E-state index >= 15 is 0 Å². The van der Waals surface area contributed by atoms with Crippen molar-refractivity contribution < 1.29 is 23.1 Å². The molecule has 0 heterocycles. The molecule has 0 aliphatic heterocycles. The first-order chi connectivity index (χ1) is 15.0. The summed E-state index contributed by atoms with van der Waals surface area (Å²) in [6.45, 7) is 0. The lowest BCUT2D eigenvalue weighted by Gasteiger charge is -2.07. The quantitative estimate of drug-likeness (QED) is 0.409. The fraction of sp³-hybridized carbons (Fsp3) is 0. The van der Waals surface area contributed by atoms with Gasteiger partial charge in [0.05, 0.1) is 22.4 Å². The Kier molecular flexibility index (Phi) is 7.51. The molecule has 156 valence electrons. The first-order valence-electron chi connectivity index (χ1n) is 9.22. The second-order valence-electron chi connectivity index (χ2n) is 6.28. The molecule has 0 aliphatic carbocycles. The van der Waals surface area contributed by atoms with Gasteiger partial charge in [-0.1, -0.05) is 54.6 Å². The molecule has 0 fully saturated rings. The van der Waals surface area contributed by atoms with Crippen molar-refractivity contribution in [3.05, 3.63) is 126 Å². The Morgan fingerprint density at radius 3 is 1.23 bits per heavy atom. The number of aromatic carboxylic acids is 1. The van der Waals surface area contributed by atoms with Crippen molar-refractivity contribution in [2.45, 2.75) is 14.7 Å². The van der Waals surface area contributed by atoms with Crippen molar-refractivity contribution in [1.29, 1.82) is 0 Å². The Balaban J connectivity index is 0.000000196. The first-order valence-corrected chi connectivity index (χ1v) is 10.4. The number of halogens is 3. The van der Waals surface area contributed by atoms with Crippen LogP contribution in [0.3, 0.4) is 0 Å². The summed E-state index contributed by atoms with van der Waals surface area (Å²) in [4.78, 5) is 14.1. The van der Waals surface area contributed by atoms with Crippen molar-refractivity contribution in [3.8, 4) is 0 Å². The number of carbonyl (C=O) groups is 1. The zero-order chi connectivity index (χ0) is 22.2. The largest absolute Gasteiger partial charge is 0.545 e. The lowest BCUT2D eigenvalue weighted by Crippen LogP contribution is -2.25. The van der Waals surface area contributed by atoms with Gasteiger partial charge < -0.3 is 9.90 Å². The highest BCUT2D eigenvalue weighted by molar-refractivity contribution is 7.97. The third-order valence-electron chi connectivity index (χ3n) is 4.15. The van der Waals surface area contributed by atoms with Gasteiger partial charge in [-0.05, 0) is 36.4 Å². The number of carbonyl (C=O) groups excluding carboxylic acids is 1. The van der Waals surface area contributed by atoms with Gasteiger partial charge in [0, 0.05) is 12.1 Å². The van der Waals surface area contributed by atoms with E-state index in [0.717, 1.165) is 0 Å². The maximum Gasteiger partial charge on any atom is 0.166 e. The summed E-state index contributed by atoms with van der Waals surface area (Å²) >= 11 is 0. The summed E-state index contributed by atoms with van der Waals surface area (Å²) in [6.07, 6.45) is 0. The summed E-state index contributed by atoms with van der Waals surface area (Å²) < 4.78 is 37.1. The molecule has 0 N–H and O–H groups in total. The van der Waals surface area contributed by atoms with E-state index < -0.39 is 29.0 Å². The molecule has 4 aromatic carbocycles. The predicted octanol–water partition coefficient (Wildman–Crippen LogP) is 5.25. The normalized spacial score (nSPS) is 10.3. The van der Waals surface area contributed by atoms with Crippen LogP contribution in [0.15, 0.2) is 118 Å². The molecule has 2 nitrogen and oxygen atoms in total. The number of benzene rings is 4. The molecule has 0 saturated carbocycles. The smallest absolute Gasteiger partial charge is 0.166 e. The maximum atomic E-state index is 12.5. The van der Waals surface area contributed by atoms with Crippen molar-refractivity contribution in [2.24, 2.45) is 0 Å². The standard InChI is InChI=1S/C18H15S.C7H3F3O2/c1-4-10-16(11-5-1)19(17-12-6-2-7-13-17)18-14-8-3-9-15-18;8-3-1-4(9)6(7(11)12)5(10)2-3/h1-15H;1-2H,(H,11,12)/q+1;/p-1. The van der Waals surface area contributed by atoms with Crippen molar-refractivity contribution in [2.75, 3.05) is 0 Å². The summed E-state index contributed by atoms with van der Waals surface area (Å²) in [5.41, 5.74) is -1.25. The van der Waals surface area contributed by atoms with Gasteiger partial charge in [0.2, 0.25) is 0 Å². The van der Waals surface area contributed by atoms with Crippen LogP contribution in [0.5, 0.6) is 0 Å². The minimum Gasteiger partial charge on any atom is -0.545 e. The van der Waals surface area contributed by atoms with Crippen molar-refractivity contribution in [3.63, 3.8) is 0 Å². The van der Waals surface area contributed by atoms with Gasteiger partial charge in [-0.2, -0.15) is 0 Å². The van der Waals surface area contributed by atoms with E-state index in [1.165, 1.54) is 14.7 Å². The molecule has 0 aromatic heterocycles. The molecule has 0 atom stereocenters. The maximum absolute atomic E-state index is 12.5. The van der Waals surface area contributed by atoms with Crippen LogP contribution < -0.4 is 5.11 Å². The minimum absolute atomic E-state index is 0.0146. The highest BCUT2D eigenvalue weighted by Gasteiger charge is 2.27. The number of carboxylic acid groups (broad SMARTS) is 1. The molecular formula is C25H17F3O2S. The number of rotatable bonds is 4. The average Bonchev–Trinajstić information content (AvgIpc) is 2.76. The Bertz CT molecular complexity index is 1020. The molecule has 0 spiro atoms. The summed E-state index contributed by atoms with van der Waals surface area (Å²) in [7, 11) is -0.0146. The SMILES string of the molecule is O=C([O-])c1c(F)cc(F)cc1F.c1ccc([S+](c2ccccc2)c2ccccc2)cc1. The van der Waals surface area contributed by atoms with Gasteiger partial charge in [0.25, 0.3) is 0 Å². The highest BCUT2D eigenvalue weighted by Crippen LogP contribution is 2.30. The Labute approximate surface area is 181 Å². The van der Waals surface area contributed by atoms with Gasteiger partial charge in [-0.15, -0.1) is 0 Å². The van der Waals surface area contributed by atoms with Crippen LogP contribution in [0.25, 0.3) is 0 Å². The Morgan fingerprint density at radius 2 is 0.935 bits per heavy atom. The second kappa shape index (κ2) is 10.5. The average molecular weight is 438 g/mol. The summed E-state index contributed by atoms with van der Waals surface area (Å²) in [5.74, 6) is -6.14. The number of hydrogen-bond donors (Lipinski definition) is 0. The summed E-state index contributed by atoms with van der Waals surface area (Å²) in [6, 6.07) is 32.7. The monoisotopic (exact) mass is 438 g/mol. The van der Waals surface area contributed by atoms with Crippen LogP contribution in [0.1, 0.15) is 10.4 Å². The second-order valence-corrected chi connectivity index (χ2v) is 8.30. The van der Waals surface area contributed by atoms with E-state index in [4.69, 9.17) is 0 Å². The molecule has 4 aromatic rings. The van der Waals surface area contributed by atoms with Crippen LogP contribution in [-0.4, -0.2) is 5.97 Å². The van der Waals surface area contributed by atoms with Crippen LogP contribution in [0.4, 0.5) is 13.2 Å². The van der Waals surface area contributed by atoms with Crippen LogP contribution >= 0.6 is 0 Å². The molecule has 31 heavy (non-hydrogen) atoms. The van der Waals surface area contributed by atoms with E-state index in [2.05, 4.69) is 91.0 Å². The van der Waals surface area contributed by atoms with Crippen molar-refractivity contribution >= 4 is 16.9 Å². The van der Waals surface area contributed by atoms with Crippen molar-refractivity contribution in [1.82, 2.24) is 0 Å². The van der Waals surface area contributed by atoms with Crippen LogP contribution in [0.2, 0.25) is 0 Å². The number of carboxylic acids is 1. The third-order valence-corrected chi connectivity index (χ3v) is 6.38. The topological polar surface area (TPSA) is 40.1 Å². The lowest BCUT2D eigenvalue weighted by atomic mass is 10.2.